The van der Waals surface area contributed by atoms with Crippen molar-refractivity contribution in [3.05, 3.63) is 77.3 Å². The Labute approximate surface area is 155 Å². The fourth-order valence-corrected chi connectivity index (χ4v) is 3.12. The Balaban J connectivity index is 1.75. The van der Waals surface area contributed by atoms with Crippen LogP contribution in [0.25, 0.3) is 33.5 Å². The van der Waals surface area contributed by atoms with Crippen LogP contribution in [0.1, 0.15) is 10.4 Å². The fourth-order valence-electron chi connectivity index (χ4n) is 2.93. The summed E-state index contributed by atoms with van der Waals surface area (Å²) in [7, 11) is 0. The lowest BCUT2D eigenvalue weighted by Crippen LogP contribution is -2.03. The number of ketones is 1. The quantitative estimate of drug-likeness (QED) is 0.516. The topological polar surface area (TPSA) is 66.0 Å². The standard InChI is InChI=1S/C21H15ClN2O2/c22-17-6-2-4-14(10-17)13-3-1-5-16(9-13)21-23-18-8-7-15(20(26)12-25)11-19(18)24-21/h1-11,25H,12H2,(H,23,24). The molecule has 0 radical (unpaired) electrons. The van der Waals surface area contributed by atoms with Gasteiger partial charge in [0, 0.05) is 16.1 Å². The van der Waals surface area contributed by atoms with Crippen LogP contribution in [-0.2, 0) is 0 Å². The first-order valence-corrected chi connectivity index (χ1v) is 8.52. The summed E-state index contributed by atoms with van der Waals surface area (Å²) < 4.78 is 0. The van der Waals surface area contributed by atoms with Crippen molar-refractivity contribution in [1.29, 1.82) is 0 Å². The first kappa shape index (κ1) is 16.5. The van der Waals surface area contributed by atoms with Crippen molar-refractivity contribution >= 4 is 28.4 Å². The van der Waals surface area contributed by atoms with Gasteiger partial charge in [-0.3, -0.25) is 4.79 Å². The summed E-state index contributed by atoms with van der Waals surface area (Å²) in [4.78, 5) is 19.5. The molecule has 0 saturated heterocycles. The predicted molar refractivity (Wildman–Crippen MR) is 103 cm³/mol. The van der Waals surface area contributed by atoms with E-state index in [4.69, 9.17) is 16.7 Å². The third-order valence-electron chi connectivity index (χ3n) is 4.24. The van der Waals surface area contributed by atoms with E-state index in [1.807, 2.05) is 48.5 Å². The Hall–Kier alpha value is -2.95. The molecule has 0 aliphatic rings. The largest absolute Gasteiger partial charge is 0.388 e. The summed E-state index contributed by atoms with van der Waals surface area (Å²) in [5.41, 5.74) is 5.00. The Morgan fingerprint density at radius 3 is 2.46 bits per heavy atom. The number of rotatable bonds is 4. The van der Waals surface area contributed by atoms with E-state index >= 15 is 0 Å². The van der Waals surface area contributed by atoms with Gasteiger partial charge in [0.1, 0.15) is 12.4 Å². The van der Waals surface area contributed by atoms with E-state index in [-0.39, 0.29) is 5.78 Å². The Morgan fingerprint density at radius 1 is 0.962 bits per heavy atom. The minimum Gasteiger partial charge on any atom is -0.388 e. The summed E-state index contributed by atoms with van der Waals surface area (Å²) in [6.07, 6.45) is 0. The monoisotopic (exact) mass is 362 g/mol. The van der Waals surface area contributed by atoms with Crippen molar-refractivity contribution in [2.45, 2.75) is 0 Å². The number of imidazole rings is 1. The molecule has 4 aromatic rings. The van der Waals surface area contributed by atoms with Gasteiger partial charge in [0.2, 0.25) is 0 Å². The van der Waals surface area contributed by atoms with E-state index < -0.39 is 6.61 Å². The van der Waals surface area contributed by atoms with E-state index in [0.29, 0.717) is 10.6 Å². The van der Waals surface area contributed by atoms with Crippen LogP contribution in [0.3, 0.4) is 0 Å². The van der Waals surface area contributed by atoms with Crippen molar-refractivity contribution in [3.8, 4) is 22.5 Å². The number of Topliss-reactive ketones (excluding diaryl/α,β-unsaturated/α-hetero) is 1. The molecule has 0 atom stereocenters. The summed E-state index contributed by atoms with van der Waals surface area (Å²) in [6.45, 7) is -0.506. The van der Waals surface area contributed by atoms with E-state index in [0.717, 1.165) is 33.5 Å². The van der Waals surface area contributed by atoms with Gasteiger partial charge in [0.25, 0.3) is 0 Å². The molecule has 2 N–H and O–H groups in total. The van der Waals surface area contributed by atoms with Gasteiger partial charge in [-0.15, -0.1) is 0 Å². The SMILES string of the molecule is O=C(CO)c1ccc2nc(-c3cccc(-c4cccc(Cl)c4)c3)[nH]c2c1. The number of aliphatic hydroxyl groups excluding tert-OH is 1. The molecule has 0 bridgehead atoms. The number of fused-ring (bicyclic) bond motifs is 1. The number of hydrogen-bond donors (Lipinski definition) is 2. The van der Waals surface area contributed by atoms with Gasteiger partial charge in [0.05, 0.1) is 11.0 Å². The minimum atomic E-state index is -0.506. The Bertz CT molecular complexity index is 1120. The maximum Gasteiger partial charge on any atom is 0.188 e. The number of aliphatic hydroxyl groups is 1. The number of nitrogens with zero attached hydrogens (tertiary/aromatic N) is 1. The summed E-state index contributed by atoms with van der Waals surface area (Å²) >= 11 is 6.09. The average Bonchev–Trinajstić information content (AvgIpc) is 3.11. The zero-order valence-corrected chi connectivity index (χ0v) is 14.5. The van der Waals surface area contributed by atoms with Crippen molar-refractivity contribution in [1.82, 2.24) is 9.97 Å². The average molecular weight is 363 g/mol. The van der Waals surface area contributed by atoms with Gasteiger partial charge in [-0.25, -0.2) is 4.98 Å². The molecule has 5 heteroatoms. The second-order valence-electron chi connectivity index (χ2n) is 5.99. The lowest BCUT2D eigenvalue weighted by molar-refractivity contribution is 0.0904. The van der Waals surface area contributed by atoms with E-state index in [1.54, 1.807) is 18.2 Å². The van der Waals surface area contributed by atoms with Crippen LogP contribution in [0.15, 0.2) is 66.7 Å². The molecule has 3 aromatic carbocycles. The molecule has 0 saturated carbocycles. The zero-order chi connectivity index (χ0) is 18.1. The number of hydrogen-bond acceptors (Lipinski definition) is 3. The number of nitrogens with one attached hydrogen (secondary N) is 1. The van der Waals surface area contributed by atoms with Gasteiger partial charge in [-0.2, -0.15) is 0 Å². The number of halogens is 1. The van der Waals surface area contributed by atoms with Crippen molar-refractivity contribution in [3.63, 3.8) is 0 Å². The van der Waals surface area contributed by atoms with Gasteiger partial charge in [-0.1, -0.05) is 41.9 Å². The minimum absolute atomic E-state index is 0.314. The molecule has 0 spiro atoms. The molecule has 0 unspecified atom stereocenters. The van der Waals surface area contributed by atoms with Crippen molar-refractivity contribution < 1.29 is 9.90 Å². The molecule has 0 aliphatic carbocycles. The highest BCUT2D eigenvalue weighted by atomic mass is 35.5. The molecule has 26 heavy (non-hydrogen) atoms. The predicted octanol–water partition coefficient (Wildman–Crippen LogP) is 4.73. The summed E-state index contributed by atoms with van der Waals surface area (Å²) in [5, 5.41) is 9.71. The van der Waals surface area contributed by atoms with Gasteiger partial charge in [-0.05, 0) is 47.5 Å². The van der Waals surface area contributed by atoms with E-state index in [9.17, 15) is 4.79 Å². The summed E-state index contributed by atoms with van der Waals surface area (Å²) in [5.74, 6) is 0.406. The van der Waals surface area contributed by atoms with E-state index in [1.165, 1.54) is 0 Å². The summed E-state index contributed by atoms with van der Waals surface area (Å²) in [6, 6.07) is 20.9. The molecule has 128 valence electrons. The maximum atomic E-state index is 11.7. The number of aromatic amines is 1. The van der Waals surface area contributed by atoms with Crippen LogP contribution in [0.2, 0.25) is 5.02 Å². The third kappa shape index (κ3) is 3.12. The van der Waals surface area contributed by atoms with Crippen LogP contribution in [0.5, 0.6) is 0 Å². The van der Waals surface area contributed by atoms with E-state index in [2.05, 4.69) is 9.97 Å². The fraction of sp³-hybridized carbons (Fsp3) is 0.0476. The highest BCUT2D eigenvalue weighted by molar-refractivity contribution is 6.30. The number of carbonyl (C=O) groups is 1. The number of benzene rings is 3. The molecule has 0 amide bonds. The van der Waals surface area contributed by atoms with Crippen molar-refractivity contribution in [2.24, 2.45) is 0 Å². The molecule has 1 heterocycles. The first-order valence-electron chi connectivity index (χ1n) is 8.14. The van der Waals surface area contributed by atoms with Crippen molar-refractivity contribution in [2.75, 3.05) is 6.61 Å². The maximum absolute atomic E-state index is 11.7. The smallest absolute Gasteiger partial charge is 0.188 e. The van der Waals surface area contributed by atoms with Crippen LogP contribution in [0.4, 0.5) is 0 Å². The zero-order valence-electron chi connectivity index (χ0n) is 13.7. The number of aromatic nitrogens is 2. The molecule has 0 aliphatic heterocycles. The highest BCUT2D eigenvalue weighted by Crippen LogP contribution is 2.28. The second-order valence-corrected chi connectivity index (χ2v) is 6.43. The molecule has 4 rings (SSSR count). The van der Waals surface area contributed by atoms with Crippen LogP contribution >= 0.6 is 11.6 Å². The Kier molecular flexibility index (Phi) is 4.29. The van der Waals surface area contributed by atoms with Crippen LogP contribution in [-0.4, -0.2) is 27.5 Å². The van der Waals surface area contributed by atoms with Gasteiger partial charge in [0.15, 0.2) is 5.78 Å². The van der Waals surface area contributed by atoms with Crippen LogP contribution in [0, 0.1) is 0 Å². The number of carbonyl (C=O) groups excluding carboxylic acids is 1. The number of H-pyrrole nitrogens is 1. The lowest BCUT2D eigenvalue weighted by Gasteiger charge is -2.04. The molecular weight excluding hydrogens is 348 g/mol. The molecule has 0 fully saturated rings. The lowest BCUT2D eigenvalue weighted by atomic mass is 10.0. The second kappa shape index (κ2) is 6.75. The van der Waals surface area contributed by atoms with Gasteiger partial charge < -0.3 is 10.1 Å². The first-order chi connectivity index (χ1) is 12.6. The molecule has 4 nitrogen and oxygen atoms in total. The highest BCUT2D eigenvalue weighted by Gasteiger charge is 2.10. The Morgan fingerprint density at radius 2 is 1.69 bits per heavy atom. The molecule has 1 aromatic heterocycles. The molecular formula is C21H15ClN2O2. The van der Waals surface area contributed by atoms with Gasteiger partial charge >= 0.3 is 0 Å². The third-order valence-corrected chi connectivity index (χ3v) is 4.48. The normalized spacial score (nSPS) is 11.0. The van der Waals surface area contributed by atoms with Crippen LogP contribution < -0.4 is 0 Å².